The zero-order valence-corrected chi connectivity index (χ0v) is 13.9. The van der Waals surface area contributed by atoms with E-state index >= 15 is 0 Å². The molecule has 1 aromatic heterocycles. The molecular formula is C20H22N2O2. The van der Waals surface area contributed by atoms with Gasteiger partial charge in [0.1, 0.15) is 5.52 Å². The molecule has 0 bridgehead atoms. The Morgan fingerprint density at radius 1 is 1.04 bits per heavy atom. The maximum atomic E-state index is 12.1. The zero-order chi connectivity index (χ0) is 16.8. The lowest BCUT2D eigenvalue weighted by Gasteiger charge is -2.05. The topological polar surface area (TPSA) is 55.1 Å². The third-order valence-electron chi connectivity index (χ3n) is 4.00. The van der Waals surface area contributed by atoms with Gasteiger partial charge in [-0.05, 0) is 42.8 Å². The van der Waals surface area contributed by atoms with Crippen LogP contribution in [0.4, 0.5) is 0 Å². The molecule has 0 saturated heterocycles. The number of nitrogens with zero attached hydrogens (tertiary/aromatic N) is 1. The molecular weight excluding hydrogens is 300 g/mol. The minimum atomic E-state index is -0.0318. The van der Waals surface area contributed by atoms with Gasteiger partial charge in [-0.25, -0.2) is 4.98 Å². The molecule has 1 amide bonds. The number of aromatic nitrogens is 1. The first-order chi connectivity index (χ1) is 11.8. The average Bonchev–Trinajstić information content (AvgIpc) is 3.05. The van der Waals surface area contributed by atoms with E-state index in [0.717, 1.165) is 36.0 Å². The van der Waals surface area contributed by atoms with Gasteiger partial charge in [0, 0.05) is 17.7 Å². The summed E-state index contributed by atoms with van der Waals surface area (Å²) in [5, 5.41) is 2.96. The molecule has 0 unspecified atom stereocenters. The zero-order valence-electron chi connectivity index (χ0n) is 13.9. The summed E-state index contributed by atoms with van der Waals surface area (Å²) in [6.45, 7) is 2.91. The predicted molar refractivity (Wildman–Crippen MR) is 95.9 cm³/mol. The molecule has 0 aliphatic carbocycles. The summed E-state index contributed by atoms with van der Waals surface area (Å²) in [6.07, 6.45) is 4.61. The van der Waals surface area contributed by atoms with Crippen molar-refractivity contribution in [1.29, 1.82) is 0 Å². The van der Waals surface area contributed by atoms with E-state index < -0.39 is 0 Å². The molecule has 0 saturated carbocycles. The van der Waals surface area contributed by atoms with Gasteiger partial charge in [-0.2, -0.15) is 0 Å². The molecule has 0 aliphatic heterocycles. The quantitative estimate of drug-likeness (QED) is 0.635. The molecule has 1 N–H and O–H groups in total. The summed E-state index contributed by atoms with van der Waals surface area (Å²) in [4.78, 5) is 16.6. The lowest BCUT2D eigenvalue weighted by molar-refractivity contribution is 0.0953. The largest absolute Gasteiger partial charge is 0.436 e. The molecule has 1 heterocycles. The van der Waals surface area contributed by atoms with Gasteiger partial charge in [-0.15, -0.1) is 0 Å². The van der Waals surface area contributed by atoms with Crippen molar-refractivity contribution in [3.63, 3.8) is 0 Å². The monoisotopic (exact) mass is 322 g/mol. The predicted octanol–water partition coefficient (Wildman–Crippen LogP) is 4.80. The number of unbranched alkanes of at least 4 members (excludes halogenated alkanes) is 3. The molecule has 0 fully saturated rings. The van der Waals surface area contributed by atoms with Crippen LogP contribution in [-0.4, -0.2) is 17.4 Å². The van der Waals surface area contributed by atoms with Crippen molar-refractivity contribution in [2.45, 2.75) is 32.6 Å². The summed E-state index contributed by atoms with van der Waals surface area (Å²) in [6, 6.07) is 15.0. The van der Waals surface area contributed by atoms with Crippen LogP contribution < -0.4 is 5.32 Å². The van der Waals surface area contributed by atoms with Crippen molar-refractivity contribution >= 4 is 17.0 Å². The fraction of sp³-hybridized carbons (Fsp3) is 0.300. The molecule has 4 heteroatoms. The van der Waals surface area contributed by atoms with Gasteiger partial charge in [-0.1, -0.05) is 38.3 Å². The summed E-state index contributed by atoms with van der Waals surface area (Å²) in [7, 11) is 0. The van der Waals surface area contributed by atoms with Gasteiger partial charge in [-0.3, -0.25) is 4.79 Å². The van der Waals surface area contributed by atoms with E-state index in [-0.39, 0.29) is 5.91 Å². The molecule has 3 aromatic rings. The standard InChI is InChI=1S/C20H22N2O2/c1-2-3-4-7-14-21-19(23)15-10-12-16(13-11-15)20-22-17-8-5-6-9-18(17)24-20/h5-6,8-13H,2-4,7,14H2,1H3,(H,21,23). The minimum absolute atomic E-state index is 0.0318. The number of carbonyl (C=O) groups is 1. The second-order valence-corrected chi connectivity index (χ2v) is 5.88. The van der Waals surface area contributed by atoms with Gasteiger partial charge in [0.25, 0.3) is 5.91 Å². The number of benzene rings is 2. The Balaban J connectivity index is 1.63. The molecule has 0 radical (unpaired) electrons. The first kappa shape index (κ1) is 16.2. The van der Waals surface area contributed by atoms with Gasteiger partial charge in [0.15, 0.2) is 5.58 Å². The summed E-state index contributed by atoms with van der Waals surface area (Å²) < 4.78 is 5.75. The fourth-order valence-electron chi connectivity index (χ4n) is 2.62. The third-order valence-corrected chi connectivity index (χ3v) is 4.00. The molecule has 4 nitrogen and oxygen atoms in total. The lowest BCUT2D eigenvalue weighted by Crippen LogP contribution is -2.24. The van der Waals surface area contributed by atoms with Crippen LogP contribution in [-0.2, 0) is 0 Å². The van der Waals surface area contributed by atoms with E-state index in [4.69, 9.17) is 4.42 Å². The first-order valence-electron chi connectivity index (χ1n) is 8.52. The first-order valence-corrected chi connectivity index (χ1v) is 8.52. The fourth-order valence-corrected chi connectivity index (χ4v) is 2.62. The van der Waals surface area contributed by atoms with Crippen LogP contribution >= 0.6 is 0 Å². The average molecular weight is 322 g/mol. The Morgan fingerprint density at radius 3 is 2.58 bits per heavy atom. The van der Waals surface area contributed by atoms with Gasteiger partial charge in [0.2, 0.25) is 5.89 Å². The Bertz CT molecular complexity index is 773. The Hall–Kier alpha value is -2.62. The van der Waals surface area contributed by atoms with Crippen molar-refractivity contribution in [1.82, 2.24) is 10.3 Å². The van der Waals surface area contributed by atoms with Crippen LogP contribution in [0.2, 0.25) is 0 Å². The molecule has 0 atom stereocenters. The molecule has 2 aromatic carbocycles. The maximum absolute atomic E-state index is 12.1. The smallest absolute Gasteiger partial charge is 0.251 e. The molecule has 24 heavy (non-hydrogen) atoms. The lowest BCUT2D eigenvalue weighted by atomic mass is 10.1. The van der Waals surface area contributed by atoms with Crippen molar-refractivity contribution in [2.75, 3.05) is 6.54 Å². The van der Waals surface area contributed by atoms with Gasteiger partial charge >= 0.3 is 0 Å². The normalized spacial score (nSPS) is 10.9. The van der Waals surface area contributed by atoms with Gasteiger partial charge < -0.3 is 9.73 Å². The SMILES string of the molecule is CCCCCCNC(=O)c1ccc(-c2nc3ccccc3o2)cc1. The molecule has 0 aliphatic rings. The number of hydrogen-bond acceptors (Lipinski definition) is 3. The van der Waals surface area contributed by atoms with E-state index in [1.54, 1.807) is 0 Å². The second kappa shape index (κ2) is 7.77. The van der Waals surface area contributed by atoms with Crippen molar-refractivity contribution in [2.24, 2.45) is 0 Å². The van der Waals surface area contributed by atoms with Crippen LogP contribution in [0, 0.1) is 0 Å². The number of hydrogen-bond donors (Lipinski definition) is 1. The van der Waals surface area contributed by atoms with E-state index in [1.165, 1.54) is 12.8 Å². The summed E-state index contributed by atoms with van der Waals surface area (Å²) in [5.74, 6) is 0.540. The maximum Gasteiger partial charge on any atom is 0.251 e. The summed E-state index contributed by atoms with van der Waals surface area (Å²) >= 11 is 0. The van der Waals surface area contributed by atoms with E-state index in [1.807, 2.05) is 48.5 Å². The van der Waals surface area contributed by atoms with Crippen molar-refractivity contribution in [3.8, 4) is 11.5 Å². The van der Waals surface area contributed by atoms with Crippen LogP contribution in [0.3, 0.4) is 0 Å². The number of nitrogens with one attached hydrogen (secondary N) is 1. The van der Waals surface area contributed by atoms with Crippen molar-refractivity contribution < 1.29 is 9.21 Å². The summed E-state index contributed by atoms with van der Waals surface area (Å²) in [5.41, 5.74) is 3.12. The van der Waals surface area contributed by atoms with Crippen LogP contribution in [0.5, 0.6) is 0 Å². The minimum Gasteiger partial charge on any atom is -0.436 e. The molecule has 124 valence electrons. The molecule has 3 rings (SSSR count). The van der Waals surface area contributed by atoms with Crippen LogP contribution in [0.25, 0.3) is 22.6 Å². The van der Waals surface area contributed by atoms with Crippen LogP contribution in [0.1, 0.15) is 43.0 Å². The highest BCUT2D eigenvalue weighted by atomic mass is 16.3. The molecule has 0 spiro atoms. The number of amides is 1. The Morgan fingerprint density at radius 2 is 1.83 bits per heavy atom. The highest BCUT2D eigenvalue weighted by molar-refractivity contribution is 5.94. The van der Waals surface area contributed by atoms with Crippen molar-refractivity contribution in [3.05, 3.63) is 54.1 Å². The Kier molecular flexibility index (Phi) is 5.26. The number of carbonyl (C=O) groups excluding carboxylic acids is 1. The highest BCUT2D eigenvalue weighted by Crippen LogP contribution is 2.24. The van der Waals surface area contributed by atoms with Gasteiger partial charge in [0.05, 0.1) is 0 Å². The van der Waals surface area contributed by atoms with E-state index in [2.05, 4.69) is 17.2 Å². The van der Waals surface area contributed by atoms with E-state index in [9.17, 15) is 4.79 Å². The number of para-hydroxylation sites is 2. The number of oxazole rings is 1. The van der Waals surface area contributed by atoms with Crippen LogP contribution in [0.15, 0.2) is 52.9 Å². The third kappa shape index (κ3) is 3.82. The number of rotatable bonds is 7. The highest BCUT2D eigenvalue weighted by Gasteiger charge is 2.09. The Labute approximate surface area is 141 Å². The van der Waals surface area contributed by atoms with E-state index in [0.29, 0.717) is 11.5 Å². The second-order valence-electron chi connectivity index (χ2n) is 5.88. The number of fused-ring (bicyclic) bond motifs is 1.